The van der Waals surface area contributed by atoms with Crippen LogP contribution in [0.3, 0.4) is 0 Å². The number of amides is 2. The molecule has 0 radical (unpaired) electrons. The Morgan fingerprint density at radius 2 is 1.67 bits per heavy atom. The quantitative estimate of drug-likeness (QED) is 0.449. The highest BCUT2D eigenvalue weighted by Crippen LogP contribution is 2.24. The Bertz CT molecular complexity index is 684. The van der Waals surface area contributed by atoms with Crippen molar-refractivity contribution in [2.24, 2.45) is 0 Å². The van der Waals surface area contributed by atoms with Crippen molar-refractivity contribution in [3.63, 3.8) is 0 Å². The minimum atomic E-state index is -0.462. The van der Waals surface area contributed by atoms with Crippen LogP contribution in [0.5, 0.6) is 11.5 Å². The van der Waals surface area contributed by atoms with Gasteiger partial charge < -0.3 is 15.4 Å². The lowest BCUT2D eigenvalue weighted by Crippen LogP contribution is -2.29. The number of nitrogens with one attached hydrogen (secondary N) is 2. The Labute approximate surface area is 139 Å². The maximum Gasteiger partial charge on any atom is 0.319 e. The van der Waals surface area contributed by atoms with E-state index in [1.807, 2.05) is 0 Å². The van der Waals surface area contributed by atoms with E-state index in [0.717, 1.165) is 12.8 Å². The van der Waals surface area contributed by atoms with E-state index in [-0.39, 0.29) is 11.7 Å². The zero-order chi connectivity index (χ0) is 17.4. The third kappa shape index (κ3) is 5.28. The van der Waals surface area contributed by atoms with Crippen molar-refractivity contribution in [2.45, 2.75) is 19.8 Å². The number of unbranched alkanes of at least 4 members (excludes halogenated alkanes) is 1. The van der Waals surface area contributed by atoms with E-state index in [1.165, 1.54) is 24.3 Å². The second-order valence-corrected chi connectivity index (χ2v) is 5.11. The lowest BCUT2D eigenvalue weighted by molar-refractivity contribution is -0.384. The zero-order valence-electron chi connectivity index (χ0n) is 13.3. The molecule has 0 unspecified atom stereocenters. The summed E-state index contributed by atoms with van der Waals surface area (Å²) in [6, 6.07) is 12.5. The molecule has 0 aliphatic heterocycles. The zero-order valence-corrected chi connectivity index (χ0v) is 13.3. The average Bonchev–Trinajstić information content (AvgIpc) is 2.57. The number of benzene rings is 2. The van der Waals surface area contributed by atoms with Crippen molar-refractivity contribution in [1.29, 1.82) is 0 Å². The molecule has 0 heterocycles. The van der Waals surface area contributed by atoms with Gasteiger partial charge in [-0.1, -0.05) is 13.3 Å². The summed E-state index contributed by atoms with van der Waals surface area (Å²) in [6.45, 7) is 2.70. The Morgan fingerprint density at radius 1 is 1.08 bits per heavy atom. The molecular weight excluding hydrogens is 310 g/mol. The molecule has 2 aromatic carbocycles. The molecule has 7 nitrogen and oxygen atoms in total. The largest absolute Gasteiger partial charge is 0.457 e. The number of hydrogen-bond donors (Lipinski definition) is 2. The van der Waals surface area contributed by atoms with Crippen LogP contribution in [0.4, 0.5) is 16.2 Å². The smallest absolute Gasteiger partial charge is 0.319 e. The molecule has 0 aliphatic carbocycles. The van der Waals surface area contributed by atoms with Crippen LogP contribution in [-0.4, -0.2) is 17.5 Å². The van der Waals surface area contributed by atoms with Crippen molar-refractivity contribution < 1.29 is 14.5 Å². The molecule has 0 atom stereocenters. The lowest BCUT2D eigenvalue weighted by Gasteiger charge is -2.09. The minimum absolute atomic E-state index is 0.0102. The van der Waals surface area contributed by atoms with Crippen LogP contribution in [0.25, 0.3) is 0 Å². The normalized spacial score (nSPS) is 10.0. The van der Waals surface area contributed by atoms with Crippen LogP contribution < -0.4 is 15.4 Å². The van der Waals surface area contributed by atoms with Gasteiger partial charge in [-0.05, 0) is 42.8 Å². The molecule has 2 aromatic rings. The second-order valence-electron chi connectivity index (χ2n) is 5.11. The van der Waals surface area contributed by atoms with Crippen molar-refractivity contribution in [1.82, 2.24) is 5.32 Å². The predicted octanol–water partition coefficient (Wildman–Crippen LogP) is 4.31. The van der Waals surface area contributed by atoms with E-state index in [9.17, 15) is 14.9 Å². The van der Waals surface area contributed by atoms with Gasteiger partial charge in [0.05, 0.1) is 4.92 Å². The molecule has 0 aliphatic rings. The molecule has 2 amide bonds. The third-order valence-corrected chi connectivity index (χ3v) is 3.21. The van der Waals surface area contributed by atoms with E-state index in [0.29, 0.717) is 23.7 Å². The van der Waals surface area contributed by atoms with Gasteiger partial charge in [0.1, 0.15) is 11.5 Å². The molecule has 7 heteroatoms. The first-order valence-corrected chi connectivity index (χ1v) is 7.65. The van der Waals surface area contributed by atoms with E-state index in [1.54, 1.807) is 24.3 Å². The molecule has 0 bridgehead atoms. The maximum absolute atomic E-state index is 11.6. The van der Waals surface area contributed by atoms with Gasteiger partial charge in [0, 0.05) is 24.4 Å². The number of nitrogens with zero attached hydrogens (tertiary/aromatic N) is 1. The highest BCUT2D eigenvalue weighted by molar-refractivity contribution is 5.89. The number of ether oxygens (including phenoxy) is 1. The number of carbonyl (C=O) groups excluding carboxylic acids is 1. The minimum Gasteiger partial charge on any atom is -0.457 e. The monoisotopic (exact) mass is 329 g/mol. The third-order valence-electron chi connectivity index (χ3n) is 3.21. The van der Waals surface area contributed by atoms with Crippen LogP contribution in [0.15, 0.2) is 48.5 Å². The molecule has 2 rings (SSSR count). The summed E-state index contributed by atoms with van der Waals surface area (Å²) in [5.74, 6) is 1.07. The first-order valence-electron chi connectivity index (χ1n) is 7.65. The number of carbonyl (C=O) groups is 1. The number of non-ortho nitro benzene ring substituents is 1. The summed E-state index contributed by atoms with van der Waals surface area (Å²) >= 11 is 0. The molecule has 0 saturated heterocycles. The Kier molecular flexibility index (Phi) is 6.13. The molecule has 0 aromatic heterocycles. The fourth-order valence-corrected chi connectivity index (χ4v) is 1.93. The first-order chi connectivity index (χ1) is 11.6. The molecule has 0 spiro atoms. The standard InChI is InChI=1S/C17H19N3O4/c1-2-3-12-18-17(21)19-13-4-8-15(9-5-13)24-16-10-6-14(7-11-16)20(22)23/h4-11H,2-3,12H2,1H3,(H2,18,19,21). The molecular formula is C17H19N3O4. The second kappa shape index (κ2) is 8.52. The number of nitro groups is 1. The number of nitro benzene ring substituents is 1. The Balaban J connectivity index is 1.89. The van der Waals surface area contributed by atoms with Gasteiger partial charge in [-0.3, -0.25) is 10.1 Å². The topological polar surface area (TPSA) is 93.5 Å². The maximum atomic E-state index is 11.6. The van der Waals surface area contributed by atoms with Gasteiger partial charge in [0.15, 0.2) is 0 Å². The van der Waals surface area contributed by atoms with Gasteiger partial charge in [-0.15, -0.1) is 0 Å². The van der Waals surface area contributed by atoms with E-state index in [2.05, 4.69) is 17.6 Å². The molecule has 2 N–H and O–H groups in total. The summed E-state index contributed by atoms with van der Waals surface area (Å²) in [4.78, 5) is 21.8. The number of rotatable bonds is 7. The molecule has 0 fully saturated rings. The number of anilines is 1. The summed E-state index contributed by atoms with van der Waals surface area (Å²) in [7, 11) is 0. The molecule has 24 heavy (non-hydrogen) atoms. The van der Waals surface area contributed by atoms with E-state index >= 15 is 0 Å². The van der Waals surface area contributed by atoms with Crippen molar-refractivity contribution >= 4 is 17.4 Å². The Hall–Kier alpha value is -3.09. The van der Waals surface area contributed by atoms with Crippen LogP contribution >= 0.6 is 0 Å². The van der Waals surface area contributed by atoms with Crippen molar-refractivity contribution in [2.75, 3.05) is 11.9 Å². The van der Waals surface area contributed by atoms with Gasteiger partial charge in [-0.25, -0.2) is 4.79 Å². The summed E-state index contributed by atoms with van der Waals surface area (Å²) in [5.41, 5.74) is 0.663. The lowest BCUT2D eigenvalue weighted by atomic mass is 10.3. The van der Waals surface area contributed by atoms with E-state index in [4.69, 9.17) is 4.74 Å². The average molecular weight is 329 g/mol. The fourth-order valence-electron chi connectivity index (χ4n) is 1.93. The number of urea groups is 1. The van der Waals surface area contributed by atoms with Crippen LogP contribution in [0.1, 0.15) is 19.8 Å². The van der Waals surface area contributed by atoms with Gasteiger partial charge in [0.2, 0.25) is 0 Å². The van der Waals surface area contributed by atoms with Gasteiger partial charge >= 0.3 is 6.03 Å². The van der Waals surface area contributed by atoms with Crippen LogP contribution in [0, 0.1) is 10.1 Å². The highest BCUT2D eigenvalue weighted by Gasteiger charge is 2.05. The van der Waals surface area contributed by atoms with Gasteiger partial charge in [-0.2, -0.15) is 0 Å². The van der Waals surface area contributed by atoms with E-state index < -0.39 is 4.92 Å². The molecule has 126 valence electrons. The summed E-state index contributed by atoms with van der Waals surface area (Å²) in [6.07, 6.45) is 1.96. The predicted molar refractivity (Wildman–Crippen MR) is 91.5 cm³/mol. The summed E-state index contributed by atoms with van der Waals surface area (Å²) < 4.78 is 5.60. The van der Waals surface area contributed by atoms with Gasteiger partial charge in [0.25, 0.3) is 5.69 Å². The summed E-state index contributed by atoms with van der Waals surface area (Å²) in [5, 5.41) is 16.1. The first kappa shape index (κ1) is 17.3. The van der Waals surface area contributed by atoms with Crippen LogP contribution in [-0.2, 0) is 0 Å². The Morgan fingerprint density at radius 3 is 2.21 bits per heavy atom. The van der Waals surface area contributed by atoms with Crippen molar-refractivity contribution in [3.8, 4) is 11.5 Å². The van der Waals surface area contributed by atoms with Crippen LogP contribution in [0.2, 0.25) is 0 Å². The fraction of sp³-hybridized carbons (Fsp3) is 0.235. The number of hydrogen-bond acceptors (Lipinski definition) is 4. The van der Waals surface area contributed by atoms with Crippen molar-refractivity contribution in [3.05, 3.63) is 58.6 Å². The highest BCUT2D eigenvalue weighted by atomic mass is 16.6. The SMILES string of the molecule is CCCCNC(=O)Nc1ccc(Oc2ccc([N+](=O)[O-])cc2)cc1. The molecule has 0 saturated carbocycles.